The van der Waals surface area contributed by atoms with Crippen LogP contribution in [0.15, 0.2) is 40.9 Å². The molecule has 2 aromatic heterocycles. The Kier molecular flexibility index (Phi) is 3.48. The van der Waals surface area contributed by atoms with Gasteiger partial charge in [0.15, 0.2) is 5.89 Å². The van der Waals surface area contributed by atoms with Crippen molar-refractivity contribution < 1.29 is 4.42 Å². The molecule has 3 rings (SSSR count). The Hall–Kier alpha value is -2.56. The summed E-state index contributed by atoms with van der Waals surface area (Å²) < 4.78 is 7.29. The third kappa shape index (κ3) is 2.81. The SMILES string of the molecule is Cc1ncc(CNc2cc(-c3ccccc3C)nn2C)o1. The molecule has 0 aliphatic rings. The van der Waals surface area contributed by atoms with E-state index in [0.29, 0.717) is 12.4 Å². The molecule has 0 atom stereocenters. The summed E-state index contributed by atoms with van der Waals surface area (Å²) in [6.07, 6.45) is 1.74. The Bertz CT molecular complexity index is 757. The lowest BCUT2D eigenvalue weighted by molar-refractivity contribution is 0.481. The summed E-state index contributed by atoms with van der Waals surface area (Å²) in [6, 6.07) is 10.3. The Morgan fingerprint density at radius 3 is 2.76 bits per heavy atom. The number of nitrogens with zero attached hydrogens (tertiary/aromatic N) is 3. The monoisotopic (exact) mass is 282 g/mol. The van der Waals surface area contributed by atoms with E-state index in [9.17, 15) is 0 Å². The molecule has 21 heavy (non-hydrogen) atoms. The van der Waals surface area contributed by atoms with Gasteiger partial charge in [-0.1, -0.05) is 24.3 Å². The lowest BCUT2D eigenvalue weighted by Crippen LogP contribution is -2.03. The highest BCUT2D eigenvalue weighted by atomic mass is 16.4. The van der Waals surface area contributed by atoms with Gasteiger partial charge in [0.2, 0.25) is 0 Å². The largest absolute Gasteiger partial charge is 0.444 e. The van der Waals surface area contributed by atoms with Crippen molar-refractivity contribution in [2.75, 3.05) is 5.32 Å². The second kappa shape index (κ2) is 5.44. The number of rotatable bonds is 4. The zero-order valence-electron chi connectivity index (χ0n) is 12.4. The quantitative estimate of drug-likeness (QED) is 0.797. The first-order valence-corrected chi connectivity index (χ1v) is 6.88. The second-order valence-electron chi connectivity index (χ2n) is 5.05. The van der Waals surface area contributed by atoms with Gasteiger partial charge in [0.25, 0.3) is 0 Å². The van der Waals surface area contributed by atoms with E-state index in [1.54, 1.807) is 6.20 Å². The molecule has 0 bridgehead atoms. The lowest BCUT2D eigenvalue weighted by atomic mass is 10.1. The fourth-order valence-electron chi connectivity index (χ4n) is 2.29. The van der Waals surface area contributed by atoms with Crippen molar-refractivity contribution in [3.8, 4) is 11.3 Å². The summed E-state index contributed by atoms with van der Waals surface area (Å²) in [7, 11) is 1.93. The van der Waals surface area contributed by atoms with Crippen molar-refractivity contribution in [2.45, 2.75) is 20.4 Å². The Balaban J connectivity index is 1.80. The van der Waals surface area contributed by atoms with Crippen molar-refractivity contribution in [1.29, 1.82) is 0 Å². The minimum Gasteiger partial charge on any atom is -0.444 e. The van der Waals surface area contributed by atoms with Crippen LogP contribution in [0.25, 0.3) is 11.3 Å². The maximum atomic E-state index is 5.45. The van der Waals surface area contributed by atoms with Crippen LogP contribution in [0, 0.1) is 13.8 Å². The van der Waals surface area contributed by atoms with E-state index in [2.05, 4.69) is 34.5 Å². The molecule has 0 spiro atoms. The van der Waals surface area contributed by atoms with Crippen LogP contribution in [0.2, 0.25) is 0 Å². The number of hydrogen-bond acceptors (Lipinski definition) is 4. The van der Waals surface area contributed by atoms with Gasteiger partial charge in [-0.3, -0.25) is 4.68 Å². The number of anilines is 1. The summed E-state index contributed by atoms with van der Waals surface area (Å²) >= 11 is 0. The molecule has 0 saturated heterocycles. The highest BCUT2D eigenvalue weighted by Gasteiger charge is 2.09. The molecule has 0 saturated carbocycles. The third-order valence-corrected chi connectivity index (χ3v) is 3.41. The summed E-state index contributed by atoms with van der Waals surface area (Å²) in [5.74, 6) is 2.44. The van der Waals surface area contributed by atoms with E-state index in [1.165, 1.54) is 5.56 Å². The maximum absolute atomic E-state index is 5.45. The fourth-order valence-corrected chi connectivity index (χ4v) is 2.29. The second-order valence-corrected chi connectivity index (χ2v) is 5.05. The Morgan fingerprint density at radius 1 is 1.24 bits per heavy atom. The average Bonchev–Trinajstić information content (AvgIpc) is 3.03. The van der Waals surface area contributed by atoms with Crippen LogP contribution in [-0.4, -0.2) is 14.8 Å². The normalized spacial score (nSPS) is 10.8. The standard InChI is InChI=1S/C16H18N4O/c1-11-6-4-5-7-14(11)15-8-16(20(3)19-15)18-10-13-9-17-12(2)21-13/h4-9,18H,10H2,1-3H3. The molecule has 1 N–H and O–H groups in total. The van der Waals surface area contributed by atoms with Crippen LogP contribution < -0.4 is 5.32 Å². The van der Waals surface area contributed by atoms with Crippen molar-refractivity contribution in [1.82, 2.24) is 14.8 Å². The van der Waals surface area contributed by atoms with Crippen LogP contribution in [0.5, 0.6) is 0 Å². The minimum atomic E-state index is 0.591. The van der Waals surface area contributed by atoms with Crippen molar-refractivity contribution in [3.05, 3.63) is 53.7 Å². The van der Waals surface area contributed by atoms with Gasteiger partial charge in [-0.05, 0) is 12.5 Å². The molecule has 5 heteroatoms. The molecular formula is C16H18N4O. The molecule has 0 unspecified atom stereocenters. The summed E-state index contributed by atoms with van der Waals surface area (Å²) in [5.41, 5.74) is 3.33. The number of aryl methyl sites for hydroxylation is 3. The number of hydrogen-bond donors (Lipinski definition) is 1. The summed E-state index contributed by atoms with van der Waals surface area (Å²) in [4.78, 5) is 4.09. The molecule has 0 fully saturated rings. The van der Waals surface area contributed by atoms with Crippen LogP contribution in [0.4, 0.5) is 5.82 Å². The number of nitrogens with one attached hydrogen (secondary N) is 1. The van der Waals surface area contributed by atoms with Gasteiger partial charge < -0.3 is 9.73 Å². The molecule has 0 aliphatic carbocycles. The van der Waals surface area contributed by atoms with E-state index in [-0.39, 0.29) is 0 Å². The molecule has 108 valence electrons. The van der Waals surface area contributed by atoms with Gasteiger partial charge in [0.05, 0.1) is 18.4 Å². The van der Waals surface area contributed by atoms with E-state index < -0.39 is 0 Å². The molecule has 0 radical (unpaired) electrons. The van der Waals surface area contributed by atoms with Crippen LogP contribution >= 0.6 is 0 Å². The van der Waals surface area contributed by atoms with Crippen molar-refractivity contribution in [3.63, 3.8) is 0 Å². The number of benzene rings is 1. The molecule has 2 heterocycles. The van der Waals surface area contributed by atoms with E-state index in [4.69, 9.17) is 4.42 Å². The van der Waals surface area contributed by atoms with Crippen LogP contribution in [0.1, 0.15) is 17.2 Å². The van der Waals surface area contributed by atoms with Crippen molar-refractivity contribution in [2.24, 2.45) is 7.05 Å². The first kappa shape index (κ1) is 13.4. The average molecular weight is 282 g/mol. The van der Waals surface area contributed by atoms with E-state index in [0.717, 1.165) is 22.8 Å². The van der Waals surface area contributed by atoms with E-state index in [1.807, 2.05) is 36.9 Å². The third-order valence-electron chi connectivity index (χ3n) is 3.41. The van der Waals surface area contributed by atoms with E-state index >= 15 is 0 Å². The molecule has 0 aliphatic heterocycles. The highest BCUT2D eigenvalue weighted by molar-refractivity contribution is 5.66. The van der Waals surface area contributed by atoms with Gasteiger partial charge in [-0.15, -0.1) is 0 Å². The zero-order valence-corrected chi connectivity index (χ0v) is 12.4. The van der Waals surface area contributed by atoms with Gasteiger partial charge in [-0.25, -0.2) is 4.98 Å². The summed E-state index contributed by atoms with van der Waals surface area (Å²) in [6.45, 7) is 4.52. The van der Waals surface area contributed by atoms with Gasteiger partial charge in [0.1, 0.15) is 11.6 Å². The maximum Gasteiger partial charge on any atom is 0.191 e. The molecule has 5 nitrogen and oxygen atoms in total. The molecule has 0 amide bonds. The predicted octanol–water partition coefficient (Wildman–Crippen LogP) is 3.30. The van der Waals surface area contributed by atoms with Gasteiger partial charge in [0, 0.05) is 25.6 Å². The van der Waals surface area contributed by atoms with Crippen LogP contribution in [0.3, 0.4) is 0 Å². The highest BCUT2D eigenvalue weighted by Crippen LogP contribution is 2.24. The smallest absolute Gasteiger partial charge is 0.191 e. The fraction of sp³-hybridized carbons (Fsp3) is 0.250. The lowest BCUT2D eigenvalue weighted by Gasteiger charge is -2.02. The molecule has 1 aromatic carbocycles. The number of aromatic nitrogens is 3. The first-order chi connectivity index (χ1) is 10.1. The number of oxazole rings is 1. The topological polar surface area (TPSA) is 55.9 Å². The molecule has 3 aromatic rings. The van der Waals surface area contributed by atoms with Gasteiger partial charge >= 0.3 is 0 Å². The first-order valence-electron chi connectivity index (χ1n) is 6.88. The zero-order chi connectivity index (χ0) is 14.8. The predicted molar refractivity (Wildman–Crippen MR) is 81.9 cm³/mol. The Morgan fingerprint density at radius 2 is 2.05 bits per heavy atom. The van der Waals surface area contributed by atoms with Crippen molar-refractivity contribution >= 4 is 5.82 Å². The Labute approximate surface area is 123 Å². The molecular weight excluding hydrogens is 264 g/mol. The minimum absolute atomic E-state index is 0.591. The van der Waals surface area contributed by atoms with Gasteiger partial charge in [-0.2, -0.15) is 5.10 Å². The summed E-state index contributed by atoms with van der Waals surface area (Å²) in [5, 5.41) is 7.89. The van der Waals surface area contributed by atoms with Crippen LogP contribution in [-0.2, 0) is 13.6 Å².